The fourth-order valence-corrected chi connectivity index (χ4v) is 3.67. The predicted molar refractivity (Wildman–Crippen MR) is 104 cm³/mol. The molecule has 0 unspecified atom stereocenters. The number of fused-ring (bicyclic) bond motifs is 1. The third kappa shape index (κ3) is 3.75. The summed E-state index contributed by atoms with van der Waals surface area (Å²) in [5.41, 5.74) is 2.38. The maximum absolute atomic E-state index is 12.0. The number of quaternary nitrogens is 1. The minimum atomic E-state index is -0.326. The molecule has 0 radical (unpaired) electrons. The third-order valence-electron chi connectivity index (χ3n) is 5.16. The van der Waals surface area contributed by atoms with Crippen molar-refractivity contribution in [3.63, 3.8) is 0 Å². The molecule has 6 nitrogen and oxygen atoms in total. The van der Waals surface area contributed by atoms with Crippen molar-refractivity contribution in [3.05, 3.63) is 64.5 Å². The van der Waals surface area contributed by atoms with Gasteiger partial charge in [-0.3, -0.25) is 0 Å². The van der Waals surface area contributed by atoms with Crippen LogP contribution in [0.25, 0.3) is 11.0 Å². The molecule has 1 aliphatic rings. The number of aromatic hydroxyl groups is 1. The zero-order chi connectivity index (χ0) is 18.8. The summed E-state index contributed by atoms with van der Waals surface area (Å²) in [6, 6.07) is 14.6. The maximum Gasteiger partial charge on any atom is 0.336 e. The Morgan fingerprint density at radius 2 is 1.85 bits per heavy atom. The molecule has 0 spiro atoms. The quantitative estimate of drug-likeness (QED) is 0.683. The number of anilines is 1. The number of rotatable bonds is 4. The highest BCUT2D eigenvalue weighted by atomic mass is 16.5. The number of phenolic OH excluding ortho intramolecular Hbond substituents is 1. The van der Waals surface area contributed by atoms with E-state index in [1.807, 2.05) is 24.3 Å². The Bertz CT molecular complexity index is 989. The van der Waals surface area contributed by atoms with Crippen LogP contribution in [0.2, 0.25) is 0 Å². The van der Waals surface area contributed by atoms with E-state index >= 15 is 0 Å². The Morgan fingerprint density at radius 1 is 1.11 bits per heavy atom. The van der Waals surface area contributed by atoms with Crippen LogP contribution in [0.4, 0.5) is 5.69 Å². The van der Waals surface area contributed by atoms with Crippen molar-refractivity contribution in [2.75, 3.05) is 38.2 Å². The van der Waals surface area contributed by atoms with Gasteiger partial charge in [-0.1, -0.05) is 0 Å². The number of ether oxygens (including phenoxy) is 1. The van der Waals surface area contributed by atoms with Gasteiger partial charge in [0.2, 0.25) is 0 Å². The molecule has 1 saturated heterocycles. The second-order valence-corrected chi connectivity index (χ2v) is 6.88. The average Bonchev–Trinajstić information content (AvgIpc) is 2.68. The van der Waals surface area contributed by atoms with Crippen LogP contribution in [0.1, 0.15) is 5.56 Å². The zero-order valence-electron chi connectivity index (χ0n) is 15.3. The van der Waals surface area contributed by atoms with E-state index in [2.05, 4.69) is 4.90 Å². The van der Waals surface area contributed by atoms with Gasteiger partial charge in [0.25, 0.3) is 0 Å². The van der Waals surface area contributed by atoms with Crippen LogP contribution >= 0.6 is 0 Å². The van der Waals surface area contributed by atoms with Crippen molar-refractivity contribution in [3.8, 4) is 11.5 Å². The molecular formula is C21H23N2O4+. The van der Waals surface area contributed by atoms with Crippen LogP contribution in [0.5, 0.6) is 11.5 Å². The molecule has 1 fully saturated rings. The fourth-order valence-electron chi connectivity index (χ4n) is 3.67. The van der Waals surface area contributed by atoms with Gasteiger partial charge < -0.3 is 24.1 Å². The molecule has 140 valence electrons. The minimum absolute atomic E-state index is 0.287. The molecule has 0 aliphatic carbocycles. The topological polar surface area (TPSA) is 67.3 Å². The van der Waals surface area contributed by atoms with Gasteiger partial charge >= 0.3 is 5.63 Å². The van der Waals surface area contributed by atoms with Crippen molar-refractivity contribution in [1.82, 2.24) is 0 Å². The summed E-state index contributed by atoms with van der Waals surface area (Å²) < 4.78 is 10.6. The summed E-state index contributed by atoms with van der Waals surface area (Å²) >= 11 is 0. The monoisotopic (exact) mass is 367 g/mol. The van der Waals surface area contributed by atoms with Gasteiger partial charge in [0, 0.05) is 28.8 Å². The van der Waals surface area contributed by atoms with Crippen molar-refractivity contribution in [1.29, 1.82) is 0 Å². The van der Waals surface area contributed by atoms with Crippen molar-refractivity contribution < 1.29 is 19.2 Å². The lowest BCUT2D eigenvalue weighted by atomic mass is 10.1. The molecule has 1 aromatic heterocycles. The first-order chi connectivity index (χ1) is 13.1. The fraction of sp³-hybridized carbons (Fsp3) is 0.286. The number of methoxy groups -OCH3 is 1. The third-order valence-corrected chi connectivity index (χ3v) is 5.16. The van der Waals surface area contributed by atoms with Crippen LogP contribution in [0.3, 0.4) is 0 Å². The molecule has 2 heterocycles. The van der Waals surface area contributed by atoms with E-state index in [-0.39, 0.29) is 11.4 Å². The molecule has 4 rings (SSSR count). The maximum atomic E-state index is 12.0. The minimum Gasteiger partial charge on any atom is -0.508 e. The molecule has 6 heteroatoms. The van der Waals surface area contributed by atoms with Crippen LogP contribution in [-0.4, -0.2) is 38.4 Å². The second-order valence-electron chi connectivity index (χ2n) is 6.88. The largest absolute Gasteiger partial charge is 0.508 e. The summed E-state index contributed by atoms with van der Waals surface area (Å²) in [6.07, 6.45) is 0. The van der Waals surface area contributed by atoms with E-state index in [4.69, 9.17) is 9.15 Å². The van der Waals surface area contributed by atoms with Crippen molar-refractivity contribution in [2.24, 2.45) is 0 Å². The molecule has 3 aromatic rings. The lowest BCUT2D eigenvalue weighted by Crippen LogP contribution is -3.13. The van der Waals surface area contributed by atoms with Crippen LogP contribution in [0, 0.1) is 0 Å². The standard InChI is InChI=1S/C21H22N2O4/c1-26-18-6-7-19-15(12-21(25)27-20(19)13-18)14-22-8-10-23(11-9-22)16-2-4-17(24)5-3-16/h2-7,12-13,24H,8-11,14H2,1H3/p+1. The Hall–Kier alpha value is -2.99. The molecule has 0 saturated carbocycles. The smallest absolute Gasteiger partial charge is 0.336 e. The number of phenols is 1. The summed E-state index contributed by atoms with van der Waals surface area (Å²) in [5.74, 6) is 0.965. The van der Waals surface area contributed by atoms with Gasteiger partial charge in [0.15, 0.2) is 0 Å². The molecular weight excluding hydrogens is 344 g/mol. The average molecular weight is 367 g/mol. The van der Waals surface area contributed by atoms with E-state index in [0.29, 0.717) is 11.3 Å². The SMILES string of the molecule is COc1ccc2c(C[NH+]3CCN(c4ccc(O)cc4)CC3)cc(=O)oc2c1. The van der Waals surface area contributed by atoms with E-state index in [1.165, 1.54) is 4.90 Å². The van der Waals surface area contributed by atoms with Gasteiger partial charge in [-0.05, 0) is 36.4 Å². The highest BCUT2D eigenvalue weighted by Gasteiger charge is 2.21. The first-order valence-electron chi connectivity index (χ1n) is 9.11. The Morgan fingerprint density at radius 3 is 2.56 bits per heavy atom. The van der Waals surface area contributed by atoms with Gasteiger partial charge in [-0.15, -0.1) is 0 Å². The number of hydrogen-bond donors (Lipinski definition) is 2. The highest BCUT2D eigenvalue weighted by molar-refractivity contribution is 5.81. The molecule has 2 N–H and O–H groups in total. The summed E-state index contributed by atoms with van der Waals surface area (Å²) in [4.78, 5) is 15.7. The second kappa shape index (κ2) is 7.32. The van der Waals surface area contributed by atoms with E-state index in [1.54, 1.807) is 31.4 Å². The van der Waals surface area contributed by atoms with Crippen molar-refractivity contribution in [2.45, 2.75) is 6.54 Å². The molecule has 0 amide bonds. The van der Waals surface area contributed by atoms with Gasteiger partial charge in [-0.2, -0.15) is 0 Å². The lowest BCUT2D eigenvalue weighted by Gasteiger charge is -2.33. The molecule has 0 atom stereocenters. The lowest BCUT2D eigenvalue weighted by molar-refractivity contribution is -0.914. The number of hydrogen-bond acceptors (Lipinski definition) is 5. The van der Waals surface area contributed by atoms with Crippen LogP contribution < -0.4 is 20.2 Å². The first-order valence-corrected chi connectivity index (χ1v) is 9.11. The van der Waals surface area contributed by atoms with Gasteiger partial charge in [0.05, 0.1) is 33.3 Å². The number of nitrogens with zero attached hydrogens (tertiary/aromatic N) is 1. The molecule has 27 heavy (non-hydrogen) atoms. The molecule has 0 bridgehead atoms. The van der Waals surface area contributed by atoms with Gasteiger partial charge in [-0.25, -0.2) is 4.79 Å². The first kappa shape index (κ1) is 17.4. The number of nitrogens with one attached hydrogen (secondary N) is 1. The zero-order valence-corrected chi connectivity index (χ0v) is 15.3. The predicted octanol–water partition coefficient (Wildman–Crippen LogP) is 1.41. The van der Waals surface area contributed by atoms with Gasteiger partial charge in [0.1, 0.15) is 23.6 Å². The highest BCUT2D eigenvalue weighted by Crippen LogP contribution is 2.22. The van der Waals surface area contributed by atoms with E-state index in [0.717, 1.165) is 49.4 Å². The Labute approximate surface area is 157 Å². The summed E-state index contributed by atoms with van der Waals surface area (Å²) in [5, 5.41) is 10.4. The van der Waals surface area contributed by atoms with Crippen molar-refractivity contribution >= 4 is 16.7 Å². The normalized spacial score (nSPS) is 15.2. The molecule has 1 aliphatic heterocycles. The number of piperazine rings is 1. The van der Waals surface area contributed by atoms with E-state index < -0.39 is 0 Å². The Balaban J connectivity index is 1.49. The molecule has 2 aromatic carbocycles. The number of benzene rings is 2. The summed E-state index contributed by atoms with van der Waals surface area (Å²) in [7, 11) is 1.60. The summed E-state index contributed by atoms with van der Waals surface area (Å²) in [6.45, 7) is 4.63. The Kier molecular flexibility index (Phi) is 4.73. The van der Waals surface area contributed by atoms with Crippen LogP contribution in [-0.2, 0) is 6.54 Å². The van der Waals surface area contributed by atoms with E-state index in [9.17, 15) is 9.90 Å². The van der Waals surface area contributed by atoms with Crippen LogP contribution in [0.15, 0.2) is 57.7 Å².